The van der Waals surface area contributed by atoms with Crippen LogP contribution < -0.4 is 5.73 Å². The Morgan fingerprint density at radius 1 is 1.24 bits per heavy atom. The molecule has 2 heterocycles. The van der Waals surface area contributed by atoms with E-state index in [2.05, 4.69) is 29.0 Å². The molecule has 0 aliphatic carbocycles. The molecule has 0 spiro atoms. The number of pyridine rings is 1. The number of nitrogen functional groups attached to an aromatic ring is 1. The second-order valence-electron chi connectivity index (χ2n) is 3.94. The van der Waals surface area contributed by atoms with Gasteiger partial charge in [0.1, 0.15) is 0 Å². The minimum absolute atomic E-state index is 0.617. The quantitative estimate of drug-likeness (QED) is 0.711. The fourth-order valence-electron chi connectivity index (χ4n) is 1.92. The van der Waals surface area contributed by atoms with Gasteiger partial charge in [0.2, 0.25) is 0 Å². The maximum atomic E-state index is 5.74. The van der Waals surface area contributed by atoms with E-state index in [0.717, 1.165) is 21.3 Å². The van der Waals surface area contributed by atoms with Gasteiger partial charge < -0.3 is 5.73 Å². The van der Waals surface area contributed by atoms with Crippen molar-refractivity contribution in [2.24, 2.45) is 0 Å². The standard InChI is InChI=1S/C13H11N3S/c1-8-5-10(9-3-2-4-15-7-9)6-11-12(8)17-13(14)16-11/h2-7H,1H3,(H2,14,16). The molecule has 0 fully saturated rings. The maximum absolute atomic E-state index is 5.74. The van der Waals surface area contributed by atoms with Crippen molar-refractivity contribution in [3.05, 3.63) is 42.2 Å². The van der Waals surface area contributed by atoms with Crippen LogP contribution in [-0.4, -0.2) is 9.97 Å². The Morgan fingerprint density at radius 3 is 2.88 bits per heavy atom. The van der Waals surface area contributed by atoms with Gasteiger partial charge in [-0.3, -0.25) is 4.98 Å². The van der Waals surface area contributed by atoms with Gasteiger partial charge in [-0.1, -0.05) is 17.4 Å². The van der Waals surface area contributed by atoms with Crippen LogP contribution in [0.3, 0.4) is 0 Å². The van der Waals surface area contributed by atoms with E-state index >= 15 is 0 Å². The highest BCUT2D eigenvalue weighted by atomic mass is 32.1. The van der Waals surface area contributed by atoms with Crippen molar-refractivity contribution < 1.29 is 0 Å². The van der Waals surface area contributed by atoms with Crippen LogP contribution in [0.15, 0.2) is 36.7 Å². The first-order valence-corrected chi connectivity index (χ1v) is 6.13. The maximum Gasteiger partial charge on any atom is 0.181 e. The third-order valence-electron chi connectivity index (χ3n) is 2.69. The van der Waals surface area contributed by atoms with E-state index in [-0.39, 0.29) is 0 Å². The first-order chi connectivity index (χ1) is 8.24. The van der Waals surface area contributed by atoms with Gasteiger partial charge >= 0.3 is 0 Å². The van der Waals surface area contributed by atoms with E-state index in [0.29, 0.717) is 5.13 Å². The largest absolute Gasteiger partial charge is 0.375 e. The molecule has 0 atom stereocenters. The molecule has 0 aliphatic rings. The number of thiazole rings is 1. The molecule has 3 nitrogen and oxygen atoms in total. The van der Waals surface area contributed by atoms with Gasteiger partial charge in [-0.15, -0.1) is 0 Å². The average molecular weight is 241 g/mol. The summed E-state index contributed by atoms with van der Waals surface area (Å²) in [6.07, 6.45) is 3.63. The number of hydrogen-bond donors (Lipinski definition) is 1. The van der Waals surface area contributed by atoms with Crippen LogP contribution in [0.1, 0.15) is 5.56 Å². The monoisotopic (exact) mass is 241 g/mol. The van der Waals surface area contributed by atoms with Crippen molar-refractivity contribution in [1.29, 1.82) is 0 Å². The van der Waals surface area contributed by atoms with Gasteiger partial charge in [-0.2, -0.15) is 0 Å². The highest BCUT2D eigenvalue weighted by Gasteiger charge is 2.07. The van der Waals surface area contributed by atoms with Crippen molar-refractivity contribution in [2.45, 2.75) is 6.92 Å². The van der Waals surface area contributed by atoms with Crippen LogP contribution >= 0.6 is 11.3 Å². The Hall–Kier alpha value is -1.94. The molecule has 0 amide bonds. The van der Waals surface area contributed by atoms with Crippen molar-refractivity contribution in [3.8, 4) is 11.1 Å². The summed E-state index contributed by atoms with van der Waals surface area (Å²) in [6.45, 7) is 2.08. The number of benzene rings is 1. The van der Waals surface area contributed by atoms with Crippen LogP contribution in [-0.2, 0) is 0 Å². The Morgan fingerprint density at radius 2 is 2.12 bits per heavy atom. The Balaban J connectivity index is 2.25. The highest BCUT2D eigenvalue weighted by Crippen LogP contribution is 2.31. The lowest BCUT2D eigenvalue weighted by Crippen LogP contribution is -1.83. The molecule has 17 heavy (non-hydrogen) atoms. The smallest absolute Gasteiger partial charge is 0.181 e. The minimum atomic E-state index is 0.617. The molecule has 0 unspecified atom stereocenters. The molecule has 0 bridgehead atoms. The fraction of sp³-hybridized carbons (Fsp3) is 0.0769. The number of rotatable bonds is 1. The van der Waals surface area contributed by atoms with Gasteiger partial charge in [0.15, 0.2) is 5.13 Å². The van der Waals surface area contributed by atoms with Crippen LogP contribution in [0.4, 0.5) is 5.13 Å². The summed E-state index contributed by atoms with van der Waals surface area (Å²) in [4.78, 5) is 8.47. The molecule has 2 N–H and O–H groups in total. The lowest BCUT2D eigenvalue weighted by Gasteiger charge is -2.02. The van der Waals surface area contributed by atoms with Crippen molar-refractivity contribution >= 4 is 26.7 Å². The van der Waals surface area contributed by atoms with Crippen LogP contribution in [0, 0.1) is 6.92 Å². The summed E-state index contributed by atoms with van der Waals surface area (Å²) in [7, 11) is 0. The molecular weight excluding hydrogens is 230 g/mol. The predicted molar refractivity (Wildman–Crippen MR) is 72.0 cm³/mol. The normalized spacial score (nSPS) is 10.9. The first kappa shape index (κ1) is 10.2. The van der Waals surface area contributed by atoms with Crippen LogP contribution in [0.5, 0.6) is 0 Å². The third kappa shape index (κ3) is 1.76. The number of nitrogens with two attached hydrogens (primary N) is 1. The van der Waals surface area contributed by atoms with E-state index < -0.39 is 0 Å². The fourth-order valence-corrected chi connectivity index (χ4v) is 2.70. The number of hydrogen-bond acceptors (Lipinski definition) is 4. The lowest BCUT2D eigenvalue weighted by molar-refractivity contribution is 1.33. The molecule has 0 saturated heterocycles. The second-order valence-corrected chi connectivity index (χ2v) is 4.97. The predicted octanol–water partition coefficient (Wildman–Crippen LogP) is 3.25. The zero-order valence-electron chi connectivity index (χ0n) is 9.34. The SMILES string of the molecule is Cc1cc(-c2cccnc2)cc2nc(N)sc12. The Bertz CT molecular complexity index is 674. The molecule has 3 rings (SSSR count). The topological polar surface area (TPSA) is 51.8 Å². The summed E-state index contributed by atoms with van der Waals surface area (Å²) in [5, 5.41) is 0.617. The number of nitrogens with zero attached hydrogens (tertiary/aromatic N) is 2. The first-order valence-electron chi connectivity index (χ1n) is 5.31. The van der Waals surface area contributed by atoms with Crippen LogP contribution in [0.2, 0.25) is 0 Å². The van der Waals surface area contributed by atoms with E-state index in [9.17, 15) is 0 Å². The van der Waals surface area contributed by atoms with E-state index in [1.165, 1.54) is 16.9 Å². The van der Waals surface area contributed by atoms with E-state index in [1.807, 2.05) is 18.3 Å². The number of aryl methyl sites for hydroxylation is 1. The molecule has 0 aliphatic heterocycles. The summed E-state index contributed by atoms with van der Waals surface area (Å²) in [5.41, 5.74) is 10.1. The zero-order chi connectivity index (χ0) is 11.8. The van der Waals surface area contributed by atoms with Crippen molar-refractivity contribution in [1.82, 2.24) is 9.97 Å². The summed E-state index contributed by atoms with van der Waals surface area (Å²) in [6, 6.07) is 8.19. The summed E-state index contributed by atoms with van der Waals surface area (Å²) < 4.78 is 1.16. The molecule has 0 saturated carbocycles. The van der Waals surface area contributed by atoms with Crippen molar-refractivity contribution in [2.75, 3.05) is 5.73 Å². The highest BCUT2D eigenvalue weighted by molar-refractivity contribution is 7.22. The van der Waals surface area contributed by atoms with Gasteiger partial charge in [0.25, 0.3) is 0 Å². The molecule has 3 aromatic rings. The van der Waals surface area contributed by atoms with Crippen LogP contribution in [0.25, 0.3) is 21.3 Å². The summed E-state index contributed by atoms with van der Waals surface area (Å²) in [5.74, 6) is 0. The number of anilines is 1. The third-order valence-corrected chi connectivity index (χ3v) is 3.72. The molecule has 0 radical (unpaired) electrons. The van der Waals surface area contributed by atoms with Crippen molar-refractivity contribution in [3.63, 3.8) is 0 Å². The lowest BCUT2D eigenvalue weighted by atomic mass is 10.0. The Labute approximate surface area is 103 Å². The molecular formula is C13H11N3S. The van der Waals surface area contributed by atoms with Gasteiger partial charge in [0, 0.05) is 18.0 Å². The van der Waals surface area contributed by atoms with Gasteiger partial charge in [0.05, 0.1) is 10.2 Å². The summed E-state index contributed by atoms with van der Waals surface area (Å²) >= 11 is 1.53. The Kier molecular flexibility index (Phi) is 2.30. The minimum Gasteiger partial charge on any atom is -0.375 e. The van der Waals surface area contributed by atoms with E-state index in [1.54, 1.807) is 6.20 Å². The van der Waals surface area contributed by atoms with Gasteiger partial charge in [-0.05, 0) is 36.2 Å². The number of aromatic nitrogens is 2. The average Bonchev–Trinajstić information content (AvgIpc) is 2.71. The molecule has 4 heteroatoms. The molecule has 84 valence electrons. The number of fused-ring (bicyclic) bond motifs is 1. The molecule has 1 aromatic carbocycles. The molecule has 2 aromatic heterocycles. The second kappa shape index (κ2) is 3.82. The van der Waals surface area contributed by atoms with E-state index in [4.69, 9.17) is 5.73 Å². The van der Waals surface area contributed by atoms with Gasteiger partial charge in [-0.25, -0.2) is 4.98 Å². The zero-order valence-corrected chi connectivity index (χ0v) is 10.2.